The predicted molar refractivity (Wildman–Crippen MR) is 130 cm³/mol. The Labute approximate surface area is 211 Å². The maximum absolute atomic E-state index is 13.8. The van der Waals surface area contributed by atoms with E-state index in [2.05, 4.69) is 10.6 Å². The second kappa shape index (κ2) is 12.4. The van der Waals surface area contributed by atoms with E-state index in [0.717, 1.165) is 31.0 Å². The summed E-state index contributed by atoms with van der Waals surface area (Å²) in [6.45, 7) is 4.94. The van der Waals surface area contributed by atoms with Gasteiger partial charge in [-0.3, -0.25) is 9.59 Å². The molecule has 2 aliphatic heterocycles. The highest BCUT2D eigenvalue weighted by molar-refractivity contribution is 7.89. The molecule has 9 nitrogen and oxygen atoms in total. The highest BCUT2D eigenvalue weighted by Gasteiger charge is 2.38. The third kappa shape index (κ3) is 7.21. The van der Waals surface area contributed by atoms with Crippen LogP contribution in [0, 0.1) is 17.6 Å². The Morgan fingerprint density at radius 1 is 1.22 bits per heavy atom. The number of carbonyl (C=O) groups is 2. The van der Waals surface area contributed by atoms with Gasteiger partial charge in [0.05, 0.1) is 23.8 Å². The number of piperazine rings is 1. The molecule has 202 valence electrons. The largest absolute Gasteiger partial charge is 0.389 e. The molecular weight excluding hydrogens is 494 g/mol. The molecule has 0 saturated carbocycles. The van der Waals surface area contributed by atoms with Crippen LogP contribution in [0.1, 0.15) is 38.7 Å². The van der Waals surface area contributed by atoms with Gasteiger partial charge < -0.3 is 20.6 Å². The Hall–Kier alpha value is -2.15. The lowest BCUT2D eigenvalue weighted by Crippen LogP contribution is -2.62. The number of likely N-dealkylation sites (tertiary alicyclic amines) is 1. The summed E-state index contributed by atoms with van der Waals surface area (Å²) in [4.78, 5) is 27.1. The highest BCUT2D eigenvalue weighted by Crippen LogP contribution is 2.21. The number of aliphatic hydroxyl groups excluding tert-OH is 1. The predicted octanol–water partition coefficient (Wildman–Crippen LogP) is 0.625. The van der Waals surface area contributed by atoms with Crippen molar-refractivity contribution < 1.29 is 31.9 Å². The van der Waals surface area contributed by atoms with E-state index in [1.54, 1.807) is 4.90 Å². The minimum atomic E-state index is -3.49. The number of benzene rings is 1. The molecule has 3 rings (SSSR count). The van der Waals surface area contributed by atoms with Crippen molar-refractivity contribution in [1.82, 2.24) is 19.8 Å². The molecule has 2 unspecified atom stereocenters. The van der Waals surface area contributed by atoms with Gasteiger partial charge in [0.1, 0.15) is 11.6 Å². The van der Waals surface area contributed by atoms with E-state index in [-0.39, 0.29) is 49.7 Å². The van der Waals surface area contributed by atoms with Crippen LogP contribution in [0.4, 0.5) is 8.78 Å². The molecule has 0 radical (unpaired) electrons. The van der Waals surface area contributed by atoms with Crippen LogP contribution in [0.2, 0.25) is 0 Å². The number of nitrogens with one attached hydrogen (secondary N) is 2. The molecule has 36 heavy (non-hydrogen) atoms. The zero-order valence-corrected chi connectivity index (χ0v) is 21.6. The van der Waals surface area contributed by atoms with E-state index in [4.69, 9.17) is 0 Å². The van der Waals surface area contributed by atoms with Crippen LogP contribution in [-0.2, 0) is 26.0 Å². The Kier molecular flexibility index (Phi) is 9.79. The number of amides is 2. The molecule has 0 bridgehead atoms. The number of hydrogen-bond donors (Lipinski definition) is 3. The SMILES string of the molecule is CCCCN1CC(C(=O)NC(Cc2cc(F)cc(F)c2)[C@H](O)[C@H]2CN(S(=O)(=O)CC)CCN2)CC1=O. The third-order valence-electron chi connectivity index (χ3n) is 6.82. The van der Waals surface area contributed by atoms with E-state index >= 15 is 0 Å². The van der Waals surface area contributed by atoms with E-state index in [1.165, 1.54) is 11.2 Å². The summed E-state index contributed by atoms with van der Waals surface area (Å²) < 4.78 is 53.7. The molecule has 0 aromatic heterocycles. The smallest absolute Gasteiger partial charge is 0.225 e. The molecule has 1 aromatic rings. The number of aliphatic hydroxyl groups is 1. The first-order chi connectivity index (χ1) is 17.0. The van der Waals surface area contributed by atoms with Crippen molar-refractivity contribution in [2.75, 3.05) is 38.5 Å². The lowest BCUT2D eigenvalue weighted by Gasteiger charge is -2.38. The van der Waals surface area contributed by atoms with Crippen molar-refractivity contribution >= 4 is 21.8 Å². The molecule has 1 aromatic carbocycles. The molecule has 2 amide bonds. The quantitative estimate of drug-likeness (QED) is 0.386. The van der Waals surface area contributed by atoms with Gasteiger partial charge in [-0.1, -0.05) is 13.3 Å². The van der Waals surface area contributed by atoms with Gasteiger partial charge in [0, 0.05) is 51.3 Å². The zero-order valence-electron chi connectivity index (χ0n) is 20.8. The van der Waals surface area contributed by atoms with Gasteiger partial charge in [-0.2, -0.15) is 4.31 Å². The molecule has 2 heterocycles. The summed E-state index contributed by atoms with van der Waals surface area (Å²) in [6.07, 6.45) is 0.455. The van der Waals surface area contributed by atoms with Gasteiger partial charge in [-0.05, 0) is 37.5 Å². The Morgan fingerprint density at radius 2 is 1.92 bits per heavy atom. The number of halogens is 2. The van der Waals surface area contributed by atoms with Gasteiger partial charge in [-0.15, -0.1) is 0 Å². The zero-order chi connectivity index (χ0) is 26.5. The van der Waals surface area contributed by atoms with Crippen molar-refractivity contribution in [3.8, 4) is 0 Å². The minimum Gasteiger partial charge on any atom is -0.389 e. The fourth-order valence-electron chi connectivity index (χ4n) is 4.75. The van der Waals surface area contributed by atoms with E-state index in [1.807, 2.05) is 6.92 Å². The average Bonchev–Trinajstić information content (AvgIpc) is 3.21. The molecule has 0 aliphatic carbocycles. The molecule has 12 heteroatoms. The highest BCUT2D eigenvalue weighted by atomic mass is 32.2. The van der Waals surface area contributed by atoms with Gasteiger partial charge >= 0.3 is 0 Å². The normalized spacial score (nSPS) is 23.0. The summed E-state index contributed by atoms with van der Waals surface area (Å²) in [5.41, 5.74) is 0.234. The number of unbranched alkanes of at least 4 members (excludes halogenated alkanes) is 1. The van der Waals surface area contributed by atoms with Gasteiger partial charge in [0.25, 0.3) is 0 Å². The van der Waals surface area contributed by atoms with Crippen LogP contribution < -0.4 is 10.6 Å². The summed E-state index contributed by atoms with van der Waals surface area (Å²) in [5.74, 6) is -2.80. The first-order valence-electron chi connectivity index (χ1n) is 12.5. The maximum atomic E-state index is 13.8. The number of nitrogens with zero attached hydrogens (tertiary/aromatic N) is 2. The monoisotopic (exact) mass is 530 g/mol. The van der Waals surface area contributed by atoms with E-state index < -0.39 is 51.7 Å². The summed E-state index contributed by atoms with van der Waals surface area (Å²) >= 11 is 0. The Bertz CT molecular complexity index is 1020. The second-order valence-corrected chi connectivity index (χ2v) is 11.8. The van der Waals surface area contributed by atoms with Crippen LogP contribution in [0.3, 0.4) is 0 Å². The Morgan fingerprint density at radius 3 is 2.56 bits per heavy atom. The fraction of sp³-hybridized carbons (Fsp3) is 0.667. The van der Waals surface area contributed by atoms with E-state index in [9.17, 15) is 31.9 Å². The summed E-state index contributed by atoms with van der Waals surface area (Å²) in [7, 11) is -3.49. The molecule has 2 saturated heterocycles. The van der Waals surface area contributed by atoms with Gasteiger partial charge in [0.2, 0.25) is 21.8 Å². The second-order valence-electron chi connectivity index (χ2n) is 9.50. The van der Waals surface area contributed by atoms with Crippen molar-refractivity contribution in [3.05, 3.63) is 35.4 Å². The molecule has 2 aliphatic rings. The number of carbonyl (C=O) groups excluding carboxylic acids is 2. The van der Waals surface area contributed by atoms with Gasteiger partial charge in [-0.25, -0.2) is 17.2 Å². The van der Waals surface area contributed by atoms with Crippen LogP contribution in [-0.4, -0.2) is 91.2 Å². The van der Waals surface area contributed by atoms with Crippen molar-refractivity contribution in [2.24, 2.45) is 5.92 Å². The first kappa shape index (κ1) is 28.4. The third-order valence-corrected chi connectivity index (χ3v) is 8.67. The molecule has 4 atom stereocenters. The topological polar surface area (TPSA) is 119 Å². The number of hydrogen-bond acceptors (Lipinski definition) is 6. The lowest BCUT2D eigenvalue weighted by molar-refractivity contribution is -0.129. The number of rotatable bonds is 11. The summed E-state index contributed by atoms with van der Waals surface area (Å²) in [5, 5.41) is 17.1. The molecule has 2 fully saturated rings. The summed E-state index contributed by atoms with van der Waals surface area (Å²) in [6, 6.07) is 1.31. The minimum absolute atomic E-state index is 0.00602. The van der Waals surface area contributed by atoms with Crippen LogP contribution in [0.15, 0.2) is 18.2 Å². The molecular formula is C24H36F2N4O5S. The van der Waals surface area contributed by atoms with Crippen molar-refractivity contribution in [2.45, 2.75) is 57.7 Å². The van der Waals surface area contributed by atoms with Crippen LogP contribution in [0.5, 0.6) is 0 Å². The Balaban J connectivity index is 1.78. The first-order valence-corrected chi connectivity index (χ1v) is 14.1. The number of sulfonamides is 1. The molecule has 3 N–H and O–H groups in total. The maximum Gasteiger partial charge on any atom is 0.225 e. The van der Waals surface area contributed by atoms with Crippen molar-refractivity contribution in [3.63, 3.8) is 0 Å². The van der Waals surface area contributed by atoms with Gasteiger partial charge in [0.15, 0.2) is 0 Å². The lowest BCUT2D eigenvalue weighted by atomic mass is 9.94. The fourth-order valence-corrected chi connectivity index (χ4v) is 5.87. The van der Waals surface area contributed by atoms with Crippen molar-refractivity contribution in [1.29, 1.82) is 0 Å². The average molecular weight is 531 g/mol. The standard InChI is InChI=1S/C24H36F2N4O5S/c1-3-5-7-29-14-17(12-22(29)31)24(33)28-20(11-16-9-18(25)13-19(26)10-16)23(32)21-15-30(8-6-27-21)36(34,35)4-2/h9-10,13,17,20-21,23,27,32H,3-8,11-12,14-15H2,1-2H3,(H,28,33)/t17?,20?,21-,23+/m1/s1. The molecule has 0 spiro atoms. The van der Waals surface area contributed by atoms with Crippen LogP contribution in [0.25, 0.3) is 0 Å². The van der Waals surface area contributed by atoms with Crippen LogP contribution >= 0.6 is 0 Å². The van der Waals surface area contributed by atoms with E-state index in [0.29, 0.717) is 13.1 Å².